The Balaban J connectivity index is 2.45. The molecule has 0 fully saturated rings. The second-order valence-electron chi connectivity index (χ2n) is 3.74. The van der Waals surface area contributed by atoms with Gasteiger partial charge in [0, 0.05) is 5.69 Å². The molecule has 2 rings (SSSR count). The Morgan fingerprint density at radius 3 is 3.00 bits per heavy atom. The molecule has 1 aliphatic rings. The van der Waals surface area contributed by atoms with Gasteiger partial charge in [-0.1, -0.05) is 12.1 Å². The van der Waals surface area contributed by atoms with Crippen LogP contribution >= 0.6 is 0 Å². The molecule has 0 heterocycles. The number of hydrogen-bond acceptors (Lipinski definition) is 2. The van der Waals surface area contributed by atoms with E-state index in [9.17, 15) is 0 Å². The van der Waals surface area contributed by atoms with Gasteiger partial charge in [0.05, 0.1) is 0 Å². The molecule has 1 aliphatic carbocycles. The predicted molar refractivity (Wildman–Crippen MR) is 55.6 cm³/mol. The normalized spacial score (nSPS) is 21.2. The van der Waals surface area contributed by atoms with Crippen LogP contribution in [0.4, 0.5) is 5.69 Å². The van der Waals surface area contributed by atoms with Crippen LogP contribution in [-0.2, 0) is 6.42 Å². The van der Waals surface area contributed by atoms with Gasteiger partial charge < -0.3 is 11.5 Å². The predicted octanol–water partition coefficient (Wildman–Crippen LogP) is 1.65. The monoisotopic (exact) mass is 176 g/mol. The van der Waals surface area contributed by atoms with Crippen molar-refractivity contribution in [2.45, 2.75) is 25.2 Å². The van der Waals surface area contributed by atoms with Crippen LogP contribution in [-0.4, -0.2) is 6.54 Å². The lowest BCUT2D eigenvalue weighted by Gasteiger charge is -2.25. The molecular formula is C11H16N2. The summed E-state index contributed by atoms with van der Waals surface area (Å²) < 4.78 is 0. The van der Waals surface area contributed by atoms with Crippen LogP contribution in [0.5, 0.6) is 0 Å². The van der Waals surface area contributed by atoms with Gasteiger partial charge in [0.15, 0.2) is 0 Å². The van der Waals surface area contributed by atoms with E-state index in [1.54, 1.807) is 0 Å². The van der Waals surface area contributed by atoms with Crippen LogP contribution < -0.4 is 11.5 Å². The van der Waals surface area contributed by atoms with E-state index in [1.165, 1.54) is 24.0 Å². The van der Waals surface area contributed by atoms with Crippen molar-refractivity contribution < 1.29 is 0 Å². The molecule has 2 heteroatoms. The fraction of sp³-hybridized carbons (Fsp3) is 0.455. The van der Waals surface area contributed by atoms with E-state index in [1.807, 2.05) is 12.1 Å². The molecule has 0 saturated carbocycles. The van der Waals surface area contributed by atoms with Crippen LogP contribution in [0, 0.1) is 0 Å². The summed E-state index contributed by atoms with van der Waals surface area (Å²) in [4.78, 5) is 0. The maximum atomic E-state index is 5.92. The lowest BCUT2D eigenvalue weighted by atomic mass is 9.82. The minimum atomic E-state index is 0.534. The van der Waals surface area contributed by atoms with Gasteiger partial charge in [0.25, 0.3) is 0 Å². The lowest BCUT2D eigenvalue weighted by molar-refractivity contribution is 0.562. The molecular weight excluding hydrogens is 160 g/mol. The molecule has 1 unspecified atom stereocenters. The molecule has 1 aromatic rings. The van der Waals surface area contributed by atoms with Gasteiger partial charge in [-0.05, 0) is 48.9 Å². The third-order valence-electron chi connectivity index (χ3n) is 2.95. The third-order valence-corrected chi connectivity index (χ3v) is 2.95. The van der Waals surface area contributed by atoms with E-state index in [0.29, 0.717) is 5.92 Å². The van der Waals surface area contributed by atoms with E-state index in [2.05, 4.69) is 6.07 Å². The highest BCUT2D eigenvalue weighted by molar-refractivity contribution is 5.53. The van der Waals surface area contributed by atoms with E-state index < -0.39 is 0 Å². The first kappa shape index (κ1) is 8.57. The Morgan fingerprint density at radius 2 is 2.23 bits per heavy atom. The first-order valence-corrected chi connectivity index (χ1v) is 4.90. The SMILES string of the molecule is NCC1CCCc2c(N)cccc21. The van der Waals surface area contributed by atoms with Gasteiger partial charge in [-0.25, -0.2) is 0 Å². The lowest BCUT2D eigenvalue weighted by Crippen LogP contribution is -2.19. The average Bonchev–Trinajstić information content (AvgIpc) is 2.18. The molecule has 1 aromatic carbocycles. The van der Waals surface area contributed by atoms with Crippen molar-refractivity contribution in [3.05, 3.63) is 29.3 Å². The van der Waals surface area contributed by atoms with Crippen molar-refractivity contribution in [1.29, 1.82) is 0 Å². The first-order valence-electron chi connectivity index (χ1n) is 4.90. The number of benzene rings is 1. The molecule has 13 heavy (non-hydrogen) atoms. The van der Waals surface area contributed by atoms with Crippen LogP contribution in [0.25, 0.3) is 0 Å². The first-order chi connectivity index (χ1) is 6.33. The van der Waals surface area contributed by atoms with Crippen LogP contribution in [0.2, 0.25) is 0 Å². The Labute approximate surface area is 78.9 Å². The summed E-state index contributed by atoms with van der Waals surface area (Å²) in [5.41, 5.74) is 15.3. The van der Waals surface area contributed by atoms with E-state index >= 15 is 0 Å². The summed E-state index contributed by atoms with van der Waals surface area (Å²) in [7, 11) is 0. The number of hydrogen-bond donors (Lipinski definition) is 2. The molecule has 4 N–H and O–H groups in total. The van der Waals surface area contributed by atoms with Gasteiger partial charge in [0.1, 0.15) is 0 Å². The van der Waals surface area contributed by atoms with Gasteiger partial charge in [-0.15, -0.1) is 0 Å². The molecule has 0 bridgehead atoms. The maximum Gasteiger partial charge on any atom is 0.0349 e. The zero-order valence-corrected chi connectivity index (χ0v) is 7.79. The molecule has 0 amide bonds. The summed E-state index contributed by atoms with van der Waals surface area (Å²) in [5, 5.41) is 0. The van der Waals surface area contributed by atoms with Crippen LogP contribution in [0.3, 0.4) is 0 Å². The number of rotatable bonds is 1. The highest BCUT2D eigenvalue weighted by Crippen LogP contribution is 2.33. The van der Waals surface area contributed by atoms with Gasteiger partial charge in [0.2, 0.25) is 0 Å². The van der Waals surface area contributed by atoms with Crippen molar-refractivity contribution >= 4 is 5.69 Å². The summed E-state index contributed by atoms with van der Waals surface area (Å²) in [5.74, 6) is 0.534. The topological polar surface area (TPSA) is 52.0 Å². The highest BCUT2D eigenvalue weighted by Gasteiger charge is 2.19. The van der Waals surface area contributed by atoms with E-state index in [0.717, 1.165) is 18.7 Å². The van der Waals surface area contributed by atoms with Crippen molar-refractivity contribution in [3.8, 4) is 0 Å². The molecule has 1 atom stereocenters. The summed E-state index contributed by atoms with van der Waals surface area (Å²) >= 11 is 0. The second-order valence-corrected chi connectivity index (χ2v) is 3.74. The molecule has 70 valence electrons. The number of anilines is 1. The van der Waals surface area contributed by atoms with Crippen molar-refractivity contribution in [1.82, 2.24) is 0 Å². The van der Waals surface area contributed by atoms with Crippen LogP contribution in [0.1, 0.15) is 29.9 Å². The second kappa shape index (κ2) is 3.38. The van der Waals surface area contributed by atoms with Gasteiger partial charge in [-0.2, -0.15) is 0 Å². The Morgan fingerprint density at radius 1 is 1.38 bits per heavy atom. The third kappa shape index (κ3) is 1.42. The van der Waals surface area contributed by atoms with Crippen molar-refractivity contribution in [2.75, 3.05) is 12.3 Å². The maximum absolute atomic E-state index is 5.92. The standard InChI is InChI=1S/C11H16N2/c12-7-8-3-1-5-10-9(8)4-2-6-11(10)13/h2,4,6,8H,1,3,5,7,12-13H2. The number of fused-ring (bicyclic) bond motifs is 1. The zero-order chi connectivity index (χ0) is 9.26. The van der Waals surface area contributed by atoms with Gasteiger partial charge in [-0.3, -0.25) is 0 Å². The van der Waals surface area contributed by atoms with E-state index in [4.69, 9.17) is 11.5 Å². The Bertz CT molecular complexity index is 307. The van der Waals surface area contributed by atoms with Crippen LogP contribution in [0.15, 0.2) is 18.2 Å². The Kier molecular flexibility index (Phi) is 2.23. The van der Waals surface area contributed by atoms with Gasteiger partial charge >= 0.3 is 0 Å². The molecule has 2 nitrogen and oxygen atoms in total. The molecule has 0 aliphatic heterocycles. The van der Waals surface area contributed by atoms with Crippen molar-refractivity contribution in [2.24, 2.45) is 5.73 Å². The molecule has 0 radical (unpaired) electrons. The number of nitrogens with two attached hydrogens (primary N) is 2. The quantitative estimate of drug-likeness (QED) is 0.639. The number of nitrogen functional groups attached to an aromatic ring is 1. The zero-order valence-electron chi connectivity index (χ0n) is 7.79. The molecule has 0 spiro atoms. The van der Waals surface area contributed by atoms with Crippen molar-refractivity contribution in [3.63, 3.8) is 0 Å². The summed E-state index contributed by atoms with van der Waals surface area (Å²) in [6.07, 6.45) is 3.56. The molecule has 0 saturated heterocycles. The fourth-order valence-corrected chi connectivity index (χ4v) is 2.22. The summed E-state index contributed by atoms with van der Waals surface area (Å²) in [6, 6.07) is 6.18. The Hall–Kier alpha value is -1.02. The largest absolute Gasteiger partial charge is 0.398 e. The average molecular weight is 176 g/mol. The smallest absolute Gasteiger partial charge is 0.0349 e. The molecule has 0 aromatic heterocycles. The highest BCUT2D eigenvalue weighted by atomic mass is 14.6. The fourth-order valence-electron chi connectivity index (χ4n) is 2.22. The minimum Gasteiger partial charge on any atom is -0.398 e. The van der Waals surface area contributed by atoms with E-state index in [-0.39, 0.29) is 0 Å². The minimum absolute atomic E-state index is 0.534. The summed E-state index contributed by atoms with van der Waals surface area (Å²) in [6.45, 7) is 0.746.